The van der Waals surface area contributed by atoms with Gasteiger partial charge in [-0.1, -0.05) is 0 Å². The van der Waals surface area contributed by atoms with Gasteiger partial charge in [0.05, 0.1) is 12.3 Å². The van der Waals surface area contributed by atoms with Crippen molar-refractivity contribution in [2.24, 2.45) is 0 Å². The van der Waals surface area contributed by atoms with Crippen LogP contribution >= 0.6 is 0 Å². The number of nitriles is 1. The molecule has 0 unspecified atom stereocenters. The standard InChI is InChI=1S/C10H16N4/c1-9(2)14-8-10(7-13-14)6-12-5-3-4-11/h7-9,12H,3,5-6H2,1-2H3. The molecule has 0 amide bonds. The Hall–Kier alpha value is -1.34. The van der Waals surface area contributed by atoms with Gasteiger partial charge in [-0.2, -0.15) is 10.4 Å². The summed E-state index contributed by atoms with van der Waals surface area (Å²) in [6, 6.07) is 2.50. The molecule has 76 valence electrons. The van der Waals surface area contributed by atoms with E-state index >= 15 is 0 Å². The first-order valence-corrected chi connectivity index (χ1v) is 4.84. The molecular weight excluding hydrogens is 176 g/mol. The maximum Gasteiger partial charge on any atom is 0.0635 e. The molecule has 0 bridgehead atoms. The molecule has 1 aromatic rings. The number of nitrogens with one attached hydrogen (secondary N) is 1. The monoisotopic (exact) mass is 192 g/mol. The Morgan fingerprint density at radius 2 is 2.43 bits per heavy atom. The Morgan fingerprint density at radius 1 is 1.64 bits per heavy atom. The first kappa shape index (κ1) is 10.7. The number of nitrogens with zero attached hydrogens (tertiary/aromatic N) is 3. The summed E-state index contributed by atoms with van der Waals surface area (Å²) in [7, 11) is 0. The largest absolute Gasteiger partial charge is 0.312 e. The summed E-state index contributed by atoms with van der Waals surface area (Å²) in [6.07, 6.45) is 4.45. The molecule has 0 fully saturated rings. The molecule has 1 heterocycles. The lowest BCUT2D eigenvalue weighted by Crippen LogP contribution is -2.13. The molecule has 1 aromatic heterocycles. The van der Waals surface area contributed by atoms with Gasteiger partial charge in [0.2, 0.25) is 0 Å². The van der Waals surface area contributed by atoms with Crippen LogP contribution in [0, 0.1) is 11.3 Å². The zero-order chi connectivity index (χ0) is 10.4. The van der Waals surface area contributed by atoms with E-state index in [1.807, 2.05) is 17.1 Å². The van der Waals surface area contributed by atoms with E-state index < -0.39 is 0 Å². The second kappa shape index (κ2) is 5.40. The van der Waals surface area contributed by atoms with Crippen molar-refractivity contribution in [2.75, 3.05) is 6.54 Å². The Kier molecular flexibility index (Phi) is 4.14. The first-order chi connectivity index (χ1) is 6.74. The average Bonchev–Trinajstić information content (AvgIpc) is 2.61. The van der Waals surface area contributed by atoms with E-state index in [4.69, 9.17) is 5.26 Å². The van der Waals surface area contributed by atoms with Gasteiger partial charge >= 0.3 is 0 Å². The molecular formula is C10H16N4. The van der Waals surface area contributed by atoms with Crippen molar-refractivity contribution in [3.05, 3.63) is 18.0 Å². The molecule has 0 aromatic carbocycles. The third-order valence-corrected chi connectivity index (χ3v) is 1.93. The molecule has 0 aliphatic heterocycles. The lowest BCUT2D eigenvalue weighted by atomic mass is 10.3. The van der Waals surface area contributed by atoms with E-state index in [9.17, 15) is 0 Å². The molecule has 0 spiro atoms. The molecule has 0 aliphatic carbocycles. The molecule has 4 heteroatoms. The van der Waals surface area contributed by atoms with Crippen LogP contribution in [0.25, 0.3) is 0 Å². The van der Waals surface area contributed by atoms with Crippen molar-refractivity contribution >= 4 is 0 Å². The Bertz CT molecular complexity index is 308. The van der Waals surface area contributed by atoms with Gasteiger partial charge in [-0.05, 0) is 13.8 Å². The zero-order valence-electron chi connectivity index (χ0n) is 8.70. The van der Waals surface area contributed by atoms with Crippen molar-refractivity contribution in [3.63, 3.8) is 0 Å². The highest BCUT2D eigenvalue weighted by atomic mass is 15.3. The minimum atomic E-state index is 0.405. The van der Waals surface area contributed by atoms with Gasteiger partial charge in [0.15, 0.2) is 0 Å². The van der Waals surface area contributed by atoms with Gasteiger partial charge in [0.1, 0.15) is 0 Å². The lowest BCUT2D eigenvalue weighted by molar-refractivity contribution is 0.531. The van der Waals surface area contributed by atoms with Crippen molar-refractivity contribution in [1.82, 2.24) is 15.1 Å². The summed E-state index contributed by atoms with van der Waals surface area (Å²) in [6.45, 7) is 5.72. The number of hydrogen-bond acceptors (Lipinski definition) is 3. The highest BCUT2D eigenvalue weighted by molar-refractivity contribution is 5.03. The van der Waals surface area contributed by atoms with Gasteiger partial charge in [-0.25, -0.2) is 0 Å². The van der Waals surface area contributed by atoms with Crippen molar-refractivity contribution in [1.29, 1.82) is 5.26 Å². The fourth-order valence-electron chi connectivity index (χ4n) is 1.13. The molecule has 1 N–H and O–H groups in total. The Morgan fingerprint density at radius 3 is 3.00 bits per heavy atom. The SMILES string of the molecule is CC(C)n1cc(CNCCC#N)cn1. The third kappa shape index (κ3) is 3.19. The number of hydrogen-bond donors (Lipinski definition) is 1. The van der Waals surface area contributed by atoms with Gasteiger partial charge in [0.25, 0.3) is 0 Å². The topological polar surface area (TPSA) is 53.6 Å². The van der Waals surface area contributed by atoms with E-state index in [1.165, 1.54) is 0 Å². The van der Waals surface area contributed by atoms with Crippen LogP contribution in [0.4, 0.5) is 0 Å². The van der Waals surface area contributed by atoms with Crippen LogP contribution in [0.3, 0.4) is 0 Å². The fourth-order valence-corrected chi connectivity index (χ4v) is 1.13. The van der Waals surface area contributed by atoms with Gasteiger partial charge < -0.3 is 5.32 Å². The predicted molar refractivity (Wildman–Crippen MR) is 54.5 cm³/mol. The molecule has 0 saturated carbocycles. The molecule has 0 saturated heterocycles. The van der Waals surface area contributed by atoms with Crippen molar-refractivity contribution in [2.45, 2.75) is 32.9 Å². The summed E-state index contributed by atoms with van der Waals surface area (Å²) in [5.41, 5.74) is 1.16. The van der Waals surface area contributed by atoms with Gasteiger partial charge in [-0.15, -0.1) is 0 Å². The molecule has 14 heavy (non-hydrogen) atoms. The quantitative estimate of drug-likeness (QED) is 0.719. The van der Waals surface area contributed by atoms with E-state index in [2.05, 4.69) is 30.3 Å². The highest BCUT2D eigenvalue weighted by Crippen LogP contribution is 2.04. The van der Waals surface area contributed by atoms with E-state index in [-0.39, 0.29) is 0 Å². The number of aromatic nitrogens is 2. The van der Waals surface area contributed by atoms with Crippen LogP contribution in [0.5, 0.6) is 0 Å². The van der Waals surface area contributed by atoms with Crippen LogP contribution in [-0.4, -0.2) is 16.3 Å². The van der Waals surface area contributed by atoms with Crippen LogP contribution in [0.15, 0.2) is 12.4 Å². The Labute approximate surface area is 84.5 Å². The molecule has 1 rings (SSSR count). The minimum absolute atomic E-state index is 0.405. The van der Waals surface area contributed by atoms with Crippen LogP contribution in [-0.2, 0) is 6.54 Å². The maximum absolute atomic E-state index is 8.33. The lowest BCUT2D eigenvalue weighted by Gasteiger charge is -2.03. The molecule has 0 aliphatic rings. The van der Waals surface area contributed by atoms with Crippen LogP contribution in [0.1, 0.15) is 31.9 Å². The van der Waals surface area contributed by atoms with E-state index in [0.29, 0.717) is 12.5 Å². The van der Waals surface area contributed by atoms with Crippen molar-refractivity contribution in [3.8, 4) is 6.07 Å². The first-order valence-electron chi connectivity index (χ1n) is 4.84. The van der Waals surface area contributed by atoms with Crippen LogP contribution in [0.2, 0.25) is 0 Å². The average molecular weight is 192 g/mol. The third-order valence-electron chi connectivity index (χ3n) is 1.93. The Balaban J connectivity index is 2.33. The minimum Gasteiger partial charge on any atom is -0.312 e. The predicted octanol–water partition coefficient (Wildman–Crippen LogP) is 1.47. The molecule has 0 atom stereocenters. The summed E-state index contributed by atoms with van der Waals surface area (Å²) < 4.78 is 1.93. The van der Waals surface area contributed by atoms with E-state index in [1.54, 1.807) is 0 Å². The van der Waals surface area contributed by atoms with Gasteiger partial charge in [-0.3, -0.25) is 4.68 Å². The van der Waals surface area contributed by atoms with Crippen molar-refractivity contribution < 1.29 is 0 Å². The van der Waals surface area contributed by atoms with Crippen LogP contribution < -0.4 is 5.32 Å². The zero-order valence-corrected chi connectivity index (χ0v) is 8.70. The maximum atomic E-state index is 8.33. The van der Waals surface area contributed by atoms with Gasteiger partial charge in [0, 0.05) is 37.3 Å². The number of rotatable bonds is 5. The summed E-state index contributed by atoms with van der Waals surface area (Å²) >= 11 is 0. The second-order valence-corrected chi connectivity index (χ2v) is 3.51. The summed E-state index contributed by atoms with van der Waals surface area (Å²) in [5.74, 6) is 0. The molecule has 4 nitrogen and oxygen atoms in total. The smallest absolute Gasteiger partial charge is 0.0635 e. The summed E-state index contributed by atoms with van der Waals surface area (Å²) in [4.78, 5) is 0. The normalized spacial score (nSPS) is 10.4. The van der Waals surface area contributed by atoms with E-state index in [0.717, 1.165) is 18.7 Å². The summed E-state index contributed by atoms with van der Waals surface area (Å²) in [5, 5.41) is 15.7. The fraction of sp³-hybridized carbons (Fsp3) is 0.600. The highest BCUT2D eigenvalue weighted by Gasteiger charge is 2.00. The molecule has 0 radical (unpaired) electrons. The second-order valence-electron chi connectivity index (χ2n) is 3.51.